The van der Waals surface area contributed by atoms with Gasteiger partial charge >= 0.3 is 0 Å². The molecule has 2 aromatic rings. The molecule has 144 valence electrons. The maximum Gasteiger partial charge on any atom is 0.119 e. The van der Waals surface area contributed by atoms with Gasteiger partial charge in [0.2, 0.25) is 0 Å². The van der Waals surface area contributed by atoms with Crippen LogP contribution in [0.2, 0.25) is 0 Å². The Bertz CT molecular complexity index is 760. The van der Waals surface area contributed by atoms with Crippen molar-refractivity contribution in [3.05, 3.63) is 84.0 Å². The first-order chi connectivity index (χ1) is 13.8. The molecule has 0 saturated carbocycles. The Morgan fingerprint density at radius 2 is 0.964 bits per heavy atom. The van der Waals surface area contributed by atoms with Crippen LogP contribution in [0, 0.1) is 0 Å². The van der Waals surface area contributed by atoms with E-state index >= 15 is 0 Å². The zero-order valence-electron chi connectivity index (χ0n) is 15.7. The van der Waals surface area contributed by atoms with E-state index in [-0.39, 0.29) is 12.2 Å². The standard InChI is InChI=1S/C24H24O4/c1-2-18(20-7-11-22(12-8-20)26-14-24-16-28-24)4-3-17(1)19-5-9-21(10-6-19)25-13-23-15-27-23/h1-12,17-18,23-24H,13-16H2. The van der Waals surface area contributed by atoms with Crippen molar-refractivity contribution < 1.29 is 18.9 Å². The van der Waals surface area contributed by atoms with Crippen LogP contribution in [0.3, 0.4) is 0 Å². The van der Waals surface area contributed by atoms with Crippen molar-refractivity contribution in [2.75, 3.05) is 26.4 Å². The third-order valence-electron chi connectivity index (χ3n) is 5.26. The van der Waals surface area contributed by atoms with E-state index in [1.807, 2.05) is 24.3 Å². The van der Waals surface area contributed by atoms with Crippen molar-refractivity contribution in [2.24, 2.45) is 0 Å². The van der Waals surface area contributed by atoms with Crippen LogP contribution >= 0.6 is 0 Å². The minimum absolute atomic E-state index is 0.286. The Hall–Kier alpha value is -2.56. The molecule has 4 heteroatoms. The summed E-state index contributed by atoms with van der Waals surface area (Å²) in [7, 11) is 0. The van der Waals surface area contributed by atoms with Crippen LogP contribution in [0.25, 0.3) is 0 Å². The van der Waals surface area contributed by atoms with Gasteiger partial charge in [0, 0.05) is 11.8 Å². The van der Waals surface area contributed by atoms with Gasteiger partial charge in [-0.15, -0.1) is 0 Å². The van der Waals surface area contributed by atoms with Crippen LogP contribution in [0.15, 0.2) is 72.8 Å². The Balaban J connectivity index is 1.17. The van der Waals surface area contributed by atoms with Crippen LogP contribution < -0.4 is 9.47 Å². The number of ether oxygens (including phenoxy) is 4. The van der Waals surface area contributed by atoms with Gasteiger partial charge in [-0.25, -0.2) is 0 Å². The van der Waals surface area contributed by atoms with Gasteiger partial charge in [-0.05, 0) is 35.4 Å². The monoisotopic (exact) mass is 376 g/mol. The molecule has 2 fully saturated rings. The first-order valence-corrected chi connectivity index (χ1v) is 9.89. The molecule has 28 heavy (non-hydrogen) atoms. The molecule has 2 heterocycles. The normalized spacial score (nSPS) is 27.4. The summed E-state index contributed by atoms with van der Waals surface area (Å²) in [6.07, 6.45) is 9.66. The summed E-state index contributed by atoms with van der Waals surface area (Å²) in [6.45, 7) is 2.93. The van der Waals surface area contributed by atoms with E-state index in [4.69, 9.17) is 18.9 Å². The number of hydrogen-bond acceptors (Lipinski definition) is 4. The molecule has 2 unspecified atom stereocenters. The molecule has 0 N–H and O–H groups in total. The lowest BCUT2D eigenvalue weighted by Crippen LogP contribution is -2.05. The molecular formula is C24H24O4. The predicted octanol–water partition coefficient (Wildman–Crippen LogP) is 4.24. The van der Waals surface area contributed by atoms with Gasteiger partial charge in [0.25, 0.3) is 0 Å². The summed E-state index contributed by atoms with van der Waals surface area (Å²) >= 11 is 0. The first-order valence-electron chi connectivity index (χ1n) is 9.89. The van der Waals surface area contributed by atoms with Crippen molar-refractivity contribution in [3.63, 3.8) is 0 Å². The number of benzene rings is 2. The molecule has 0 radical (unpaired) electrons. The molecule has 5 rings (SSSR count). The van der Waals surface area contributed by atoms with E-state index < -0.39 is 0 Å². The fourth-order valence-electron chi connectivity index (χ4n) is 3.33. The highest BCUT2D eigenvalue weighted by molar-refractivity contribution is 5.41. The van der Waals surface area contributed by atoms with Crippen molar-refractivity contribution in [1.82, 2.24) is 0 Å². The van der Waals surface area contributed by atoms with Gasteiger partial charge < -0.3 is 18.9 Å². The average molecular weight is 376 g/mol. The lowest BCUT2D eigenvalue weighted by atomic mass is 9.87. The molecule has 0 spiro atoms. The largest absolute Gasteiger partial charge is 0.491 e. The number of hydrogen-bond donors (Lipinski definition) is 0. The first kappa shape index (κ1) is 17.5. The zero-order valence-corrected chi connectivity index (χ0v) is 15.7. The van der Waals surface area contributed by atoms with E-state index in [9.17, 15) is 0 Å². The van der Waals surface area contributed by atoms with Gasteiger partial charge in [-0.2, -0.15) is 0 Å². The minimum Gasteiger partial charge on any atom is -0.491 e. The van der Waals surface area contributed by atoms with E-state index in [0.717, 1.165) is 24.7 Å². The molecule has 0 aromatic heterocycles. The second kappa shape index (κ2) is 7.82. The molecule has 2 atom stereocenters. The van der Waals surface area contributed by atoms with Crippen LogP contribution in [-0.4, -0.2) is 38.6 Å². The second-order valence-electron chi connectivity index (χ2n) is 7.49. The smallest absolute Gasteiger partial charge is 0.119 e. The molecule has 2 aromatic carbocycles. The lowest BCUT2D eigenvalue weighted by molar-refractivity contribution is 0.263. The van der Waals surface area contributed by atoms with Crippen molar-refractivity contribution >= 4 is 0 Å². The average Bonchev–Trinajstić information content (AvgIpc) is 3.67. The van der Waals surface area contributed by atoms with E-state index in [1.54, 1.807) is 0 Å². The number of epoxide rings is 2. The van der Waals surface area contributed by atoms with Crippen LogP contribution in [0.1, 0.15) is 23.0 Å². The SMILES string of the molecule is C1=CC(c2ccc(OCC3CO3)cc2)C=CC1c1ccc(OCC2CO2)cc1. The lowest BCUT2D eigenvalue weighted by Gasteiger charge is -2.18. The highest BCUT2D eigenvalue weighted by Gasteiger charge is 2.23. The summed E-state index contributed by atoms with van der Waals surface area (Å²) in [5, 5.41) is 0. The highest BCUT2D eigenvalue weighted by Crippen LogP contribution is 2.31. The van der Waals surface area contributed by atoms with Crippen molar-refractivity contribution in [2.45, 2.75) is 24.0 Å². The van der Waals surface area contributed by atoms with Crippen molar-refractivity contribution in [3.8, 4) is 11.5 Å². The molecule has 2 saturated heterocycles. The maximum atomic E-state index is 5.71. The van der Waals surface area contributed by atoms with E-state index in [1.165, 1.54) is 11.1 Å². The van der Waals surface area contributed by atoms with Crippen LogP contribution in [-0.2, 0) is 9.47 Å². The van der Waals surface area contributed by atoms with Gasteiger partial charge in [-0.3, -0.25) is 0 Å². The second-order valence-corrected chi connectivity index (χ2v) is 7.49. The molecule has 3 aliphatic rings. The third-order valence-corrected chi connectivity index (χ3v) is 5.26. The molecule has 4 nitrogen and oxygen atoms in total. The molecule has 1 aliphatic carbocycles. The summed E-state index contributed by atoms with van der Waals surface area (Å²) in [5.41, 5.74) is 2.54. The Morgan fingerprint density at radius 3 is 1.29 bits per heavy atom. The quantitative estimate of drug-likeness (QED) is 0.511. The summed E-state index contributed by atoms with van der Waals surface area (Å²) in [4.78, 5) is 0. The summed E-state index contributed by atoms with van der Waals surface area (Å²) < 4.78 is 21.8. The molecular weight excluding hydrogens is 352 g/mol. The summed E-state index contributed by atoms with van der Waals surface area (Å²) in [6, 6.07) is 16.7. The Morgan fingerprint density at radius 1 is 0.607 bits per heavy atom. The van der Waals surface area contributed by atoms with Crippen molar-refractivity contribution in [1.29, 1.82) is 0 Å². The van der Waals surface area contributed by atoms with Gasteiger partial charge in [0.05, 0.1) is 13.2 Å². The van der Waals surface area contributed by atoms with E-state index in [0.29, 0.717) is 25.0 Å². The number of rotatable bonds is 8. The van der Waals surface area contributed by atoms with Gasteiger partial charge in [0.1, 0.15) is 36.9 Å². The highest BCUT2D eigenvalue weighted by atomic mass is 16.6. The molecule has 0 bridgehead atoms. The number of allylic oxidation sites excluding steroid dienone is 4. The maximum absolute atomic E-state index is 5.71. The Labute approximate surface area is 165 Å². The zero-order chi connectivity index (χ0) is 18.8. The molecule has 0 amide bonds. The van der Waals surface area contributed by atoms with Crippen LogP contribution in [0.4, 0.5) is 0 Å². The van der Waals surface area contributed by atoms with Gasteiger partial charge in [0.15, 0.2) is 0 Å². The fourth-order valence-corrected chi connectivity index (χ4v) is 3.33. The summed E-state index contributed by atoms with van der Waals surface area (Å²) in [5.74, 6) is 2.41. The van der Waals surface area contributed by atoms with Crippen LogP contribution in [0.5, 0.6) is 11.5 Å². The fraction of sp³-hybridized carbons (Fsp3) is 0.333. The van der Waals surface area contributed by atoms with Gasteiger partial charge in [-0.1, -0.05) is 48.6 Å². The Kier molecular flexibility index (Phi) is 4.90. The minimum atomic E-state index is 0.286. The molecule has 2 aliphatic heterocycles. The van der Waals surface area contributed by atoms with E-state index in [2.05, 4.69) is 48.6 Å². The topological polar surface area (TPSA) is 43.5 Å². The third kappa shape index (κ3) is 4.46. The predicted molar refractivity (Wildman–Crippen MR) is 107 cm³/mol.